The van der Waals surface area contributed by atoms with Crippen molar-refractivity contribution in [1.29, 1.82) is 0 Å². The number of hydrogen-bond donors (Lipinski definition) is 2. The first-order chi connectivity index (χ1) is 16.4. The van der Waals surface area contributed by atoms with Gasteiger partial charge in [0.15, 0.2) is 0 Å². The van der Waals surface area contributed by atoms with Crippen molar-refractivity contribution in [1.82, 2.24) is 15.5 Å². The molecule has 2 N–H and O–H groups in total. The van der Waals surface area contributed by atoms with Crippen LogP contribution in [0.4, 0.5) is 4.39 Å². The smallest absolute Gasteiger partial charge is 0.253 e. The number of ether oxygens (including phenoxy) is 1. The second-order valence-corrected chi connectivity index (χ2v) is 8.54. The summed E-state index contributed by atoms with van der Waals surface area (Å²) < 4.78 is 18.2. The molecule has 182 valence electrons. The van der Waals surface area contributed by atoms with Gasteiger partial charge in [0.2, 0.25) is 5.91 Å². The normalized spacial score (nSPS) is 15.0. The Morgan fingerprint density at radius 2 is 1.76 bits per heavy atom. The average Bonchev–Trinajstić information content (AvgIpc) is 2.85. The maximum absolute atomic E-state index is 13.2. The fourth-order valence-corrected chi connectivity index (χ4v) is 4.19. The van der Waals surface area contributed by atoms with E-state index in [4.69, 9.17) is 4.74 Å². The fraction of sp³-hybridized carbons (Fsp3) is 0.423. The van der Waals surface area contributed by atoms with E-state index >= 15 is 0 Å². The predicted molar refractivity (Wildman–Crippen MR) is 127 cm³/mol. The summed E-state index contributed by atoms with van der Waals surface area (Å²) >= 11 is 0. The van der Waals surface area contributed by atoms with Crippen LogP contribution in [0.5, 0.6) is 0 Å². The first kappa shape index (κ1) is 25.4. The second-order valence-electron chi connectivity index (χ2n) is 8.54. The van der Waals surface area contributed by atoms with E-state index in [2.05, 4.69) is 10.6 Å². The Balaban J connectivity index is 1.67. The molecule has 1 fully saturated rings. The molecule has 0 aromatic heterocycles. The van der Waals surface area contributed by atoms with Gasteiger partial charge in [-0.15, -0.1) is 0 Å². The maximum Gasteiger partial charge on any atom is 0.253 e. The van der Waals surface area contributed by atoms with Crippen molar-refractivity contribution in [2.24, 2.45) is 5.92 Å². The first-order valence-electron chi connectivity index (χ1n) is 11.6. The zero-order valence-corrected chi connectivity index (χ0v) is 19.7. The van der Waals surface area contributed by atoms with Gasteiger partial charge in [0.25, 0.3) is 11.8 Å². The standard InChI is InChI=1S/C26H32FN3O4/c1-18-6-3-4-7-22(18)24(31)29-23(25(32)28-14-5-17-34-2)19-12-15-30(16-13-19)26(33)20-8-10-21(27)11-9-20/h3-4,6-11,19,23H,5,12-17H2,1-2H3,(H,28,32)(H,29,31). The molecule has 1 saturated heterocycles. The maximum atomic E-state index is 13.2. The molecule has 1 unspecified atom stereocenters. The molecule has 34 heavy (non-hydrogen) atoms. The lowest BCUT2D eigenvalue weighted by molar-refractivity contribution is -0.124. The van der Waals surface area contributed by atoms with Crippen molar-refractivity contribution in [3.63, 3.8) is 0 Å². The topological polar surface area (TPSA) is 87.7 Å². The molecule has 0 spiro atoms. The molecule has 1 aliphatic rings. The summed E-state index contributed by atoms with van der Waals surface area (Å²) in [6, 6.07) is 12.0. The van der Waals surface area contributed by atoms with Crippen LogP contribution in [0.3, 0.4) is 0 Å². The third kappa shape index (κ3) is 6.63. The number of piperidine rings is 1. The van der Waals surface area contributed by atoms with Gasteiger partial charge < -0.3 is 20.3 Å². The summed E-state index contributed by atoms with van der Waals surface area (Å²) in [7, 11) is 1.61. The number of amides is 3. The van der Waals surface area contributed by atoms with Crippen LogP contribution in [0.25, 0.3) is 0 Å². The van der Waals surface area contributed by atoms with Crippen LogP contribution in [0, 0.1) is 18.7 Å². The van der Waals surface area contributed by atoms with E-state index in [-0.39, 0.29) is 29.5 Å². The molecule has 3 amide bonds. The molecule has 0 aliphatic carbocycles. The van der Waals surface area contributed by atoms with E-state index < -0.39 is 6.04 Å². The molecule has 7 nitrogen and oxygen atoms in total. The molecular formula is C26H32FN3O4. The molecule has 1 aliphatic heterocycles. The van der Waals surface area contributed by atoms with E-state index in [9.17, 15) is 18.8 Å². The number of carbonyl (C=O) groups is 3. The highest BCUT2D eigenvalue weighted by Crippen LogP contribution is 2.23. The largest absolute Gasteiger partial charge is 0.385 e. The summed E-state index contributed by atoms with van der Waals surface area (Å²) in [4.78, 5) is 40.5. The minimum Gasteiger partial charge on any atom is -0.385 e. The number of likely N-dealkylation sites (tertiary alicyclic amines) is 1. The molecule has 0 radical (unpaired) electrons. The molecule has 2 aromatic rings. The summed E-state index contributed by atoms with van der Waals surface area (Å²) in [6.45, 7) is 3.74. The Labute approximate surface area is 199 Å². The van der Waals surface area contributed by atoms with Gasteiger partial charge >= 0.3 is 0 Å². The van der Waals surface area contributed by atoms with Gasteiger partial charge in [0, 0.05) is 44.5 Å². The molecule has 8 heteroatoms. The van der Waals surface area contributed by atoms with Gasteiger partial charge in [0.05, 0.1) is 0 Å². The van der Waals surface area contributed by atoms with Crippen LogP contribution in [-0.2, 0) is 9.53 Å². The van der Waals surface area contributed by atoms with E-state index in [0.29, 0.717) is 56.6 Å². The molecule has 3 rings (SSSR count). The van der Waals surface area contributed by atoms with Crippen molar-refractivity contribution in [2.45, 2.75) is 32.2 Å². The zero-order valence-electron chi connectivity index (χ0n) is 19.7. The average molecular weight is 470 g/mol. The Kier molecular flexibility index (Phi) is 9.16. The lowest BCUT2D eigenvalue weighted by atomic mass is 9.88. The molecule has 0 bridgehead atoms. The van der Waals surface area contributed by atoms with Crippen LogP contribution in [0.2, 0.25) is 0 Å². The van der Waals surface area contributed by atoms with Crippen LogP contribution >= 0.6 is 0 Å². The second kappa shape index (κ2) is 12.3. The van der Waals surface area contributed by atoms with Gasteiger partial charge in [-0.2, -0.15) is 0 Å². The van der Waals surface area contributed by atoms with Crippen LogP contribution < -0.4 is 10.6 Å². The van der Waals surface area contributed by atoms with Gasteiger partial charge in [-0.05, 0) is 68.0 Å². The first-order valence-corrected chi connectivity index (χ1v) is 11.6. The number of nitrogens with zero attached hydrogens (tertiary/aromatic N) is 1. The van der Waals surface area contributed by atoms with Crippen molar-refractivity contribution in [2.75, 3.05) is 33.4 Å². The molecular weight excluding hydrogens is 437 g/mol. The lowest BCUT2D eigenvalue weighted by Crippen LogP contribution is -2.54. The number of hydrogen-bond acceptors (Lipinski definition) is 4. The van der Waals surface area contributed by atoms with Crippen molar-refractivity contribution in [3.8, 4) is 0 Å². The number of benzene rings is 2. The third-order valence-corrected chi connectivity index (χ3v) is 6.17. The Bertz CT molecular complexity index is 988. The minimum atomic E-state index is -0.710. The number of nitrogens with one attached hydrogen (secondary N) is 2. The van der Waals surface area contributed by atoms with E-state index in [1.165, 1.54) is 24.3 Å². The summed E-state index contributed by atoms with van der Waals surface area (Å²) in [5.74, 6) is -1.20. The Morgan fingerprint density at radius 1 is 1.09 bits per heavy atom. The van der Waals surface area contributed by atoms with Gasteiger partial charge in [-0.3, -0.25) is 14.4 Å². The quantitative estimate of drug-likeness (QED) is 0.553. The zero-order chi connectivity index (χ0) is 24.5. The fourth-order valence-electron chi connectivity index (χ4n) is 4.19. The number of carbonyl (C=O) groups excluding carboxylic acids is 3. The summed E-state index contributed by atoms with van der Waals surface area (Å²) in [5, 5.41) is 5.84. The van der Waals surface area contributed by atoms with Gasteiger partial charge in [-0.1, -0.05) is 18.2 Å². The summed E-state index contributed by atoms with van der Waals surface area (Å²) in [5.41, 5.74) is 1.79. The number of rotatable bonds is 9. The van der Waals surface area contributed by atoms with Gasteiger partial charge in [0.1, 0.15) is 11.9 Å². The molecule has 2 aromatic carbocycles. The van der Waals surface area contributed by atoms with E-state index in [1.807, 2.05) is 19.1 Å². The highest BCUT2D eigenvalue weighted by molar-refractivity contribution is 5.98. The molecule has 1 atom stereocenters. The number of aryl methyl sites for hydroxylation is 1. The van der Waals surface area contributed by atoms with E-state index in [0.717, 1.165) is 5.56 Å². The number of methoxy groups -OCH3 is 1. The highest BCUT2D eigenvalue weighted by atomic mass is 19.1. The molecule has 0 saturated carbocycles. The van der Waals surface area contributed by atoms with Crippen molar-refractivity contribution >= 4 is 17.7 Å². The predicted octanol–water partition coefficient (Wildman–Crippen LogP) is 2.94. The third-order valence-electron chi connectivity index (χ3n) is 6.17. The number of halogens is 1. The van der Waals surface area contributed by atoms with Crippen LogP contribution in [-0.4, -0.2) is 62.0 Å². The SMILES string of the molecule is COCCCNC(=O)C(NC(=O)c1ccccc1C)C1CCN(C(=O)c2ccc(F)cc2)CC1. The van der Waals surface area contributed by atoms with E-state index in [1.54, 1.807) is 24.1 Å². The summed E-state index contributed by atoms with van der Waals surface area (Å²) in [6.07, 6.45) is 1.81. The minimum absolute atomic E-state index is 0.118. The highest BCUT2D eigenvalue weighted by Gasteiger charge is 2.34. The Hall–Kier alpha value is -3.26. The van der Waals surface area contributed by atoms with Crippen LogP contribution in [0.1, 0.15) is 45.5 Å². The Morgan fingerprint density at radius 3 is 2.41 bits per heavy atom. The lowest BCUT2D eigenvalue weighted by Gasteiger charge is -2.36. The monoisotopic (exact) mass is 469 g/mol. The van der Waals surface area contributed by atoms with Gasteiger partial charge in [-0.25, -0.2) is 4.39 Å². The van der Waals surface area contributed by atoms with Crippen LogP contribution in [0.15, 0.2) is 48.5 Å². The molecule has 1 heterocycles. The van der Waals surface area contributed by atoms with Crippen molar-refractivity contribution < 1.29 is 23.5 Å². The van der Waals surface area contributed by atoms with Crippen molar-refractivity contribution in [3.05, 3.63) is 71.0 Å².